The number of ether oxygens (including phenoxy) is 1. The highest BCUT2D eigenvalue weighted by Crippen LogP contribution is 2.40. The molecule has 0 atom stereocenters. The van der Waals surface area contributed by atoms with Gasteiger partial charge in [0.1, 0.15) is 12.1 Å². The zero-order chi connectivity index (χ0) is 14.8. The number of hydrogen-bond acceptors (Lipinski definition) is 6. The summed E-state index contributed by atoms with van der Waals surface area (Å²) in [6.45, 7) is 0.613. The van der Waals surface area contributed by atoms with Crippen LogP contribution in [0, 0.1) is 10.1 Å². The lowest BCUT2D eigenvalue weighted by molar-refractivity contribution is -0.383. The number of benzene rings is 1. The van der Waals surface area contributed by atoms with Crippen molar-refractivity contribution in [2.75, 3.05) is 19.0 Å². The van der Waals surface area contributed by atoms with Gasteiger partial charge in [0, 0.05) is 12.6 Å². The fraction of sp³-hybridized carbons (Fsp3) is 0.286. The Morgan fingerprint density at radius 1 is 1.38 bits per heavy atom. The molecule has 108 valence electrons. The molecule has 3 rings (SSSR count). The van der Waals surface area contributed by atoms with Gasteiger partial charge >= 0.3 is 5.69 Å². The molecule has 1 aliphatic rings. The molecule has 0 unspecified atom stereocenters. The molecule has 7 heteroatoms. The lowest BCUT2D eigenvalue weighted by Crippen LogP contribution is -2.10. The second-order valence-electron chi connectivity index (χ2n) is 4.67. The van der Waals surface area contributed by atoms with Crippen LogP contribution in [0.2, 0.25) is 0 Å². The van der Waals surface area contributed by atoms with Gasteiger partial charge in [0.05, 0.1) is 11.5 Å². The summed E-state index contributed by atoms with van der Waals surface area (Å²) in [7, 11) is 1.59. The van der Waals surface area contributed by atoms with Gasteiger partial charge < -0.3 is 10.1 Å². The van der Waals surface area contributed by atoms with Crippen molar-refractivity contribution in [1.82, 2.24) is 9.97 Å². The molecule has 0 spiro atoms. The predicted octanol–water partition coefficient (Wildman–Crippen LogP) is 2.42. The van der Waals surface area contributed by atoms with Gasteiger partial charge in [-0.05, 0) is 24.5 Å². The van der Waals surface area contributed by atoms with Crippen LogP contribution in [0.1, 0.15) is 12.0 Å². The van der Waals surface area contributed by atoms with Crippen molar-refractivity contribution in [3.63, 3.8) is 0 Å². The topological polar surface area (TPSA) is 90.2 Å². The van der Waals surface area contributed by atoms with Crippen molar-refractivity contribution in [2.24, 2.45) is 0 Å². The molecule has 0 aliphatic carbocycles. The quantitative estimate of drug-likeness (QED) is 0.688. The van der Waals surface area contributed by atoms with E-state index in [9.17, 15) is 10.1 Å². The number of rotatable bonds is 3. The van der Waals surface area contributed by atoms with Gasteiger partial charge in [-0.25, -0.2) is 9.97 Å². The van der Waals surface area contributed by atoms with E-state index in [1.54, 1.807) is 13.1 Å². The maximum absolute atomic E-state index is 11.4. The number of fused-ring (bicyclic) bond motifs is 1. The van der Waals surface area contributed by atoms with E-state index < -0.39 is 4.92 Å². The van der Waals surface area contributed by atoms with Crippen LogP contribution in [0.4, 0.5) is 11.5 Å². The summed E-state index contributed by atoms with van der Waals surface area (Å²) in [5, 5.41) is 14.1. The van der Waals surface area contributed by atoms with Gasteiger partial charge in [-0.2, -0.15) is 0 Å². The minimum atomic E-state index is -0.469. The number of aryl methyl sites for hydroxylation is 1. The van der Waals surface area contributed by atoms with E-state index in [1.165, 1.54) is 6.33 Å². The van der Waals surface area contributed by atoms with Crippen molar-refractivity contribution in [1.29, 1.82) is 0 Å². The average molecular weight is 286 g/mol. The zero-order valence-electron chi connectivity index (χ0n) is 11.5. The molecular weight excluding hydrogens is 272 g/mol. The normalized spacial score (nSPS) is 13.2. The predicted molar refractivity (Wildman–Crippen MR) is 77.5 cm³/mol. The Morgan fingerprint density at radius 3 is 3.00 bits per heavy atom. The highest BCUT2D eigenvalue weighted by atomic mass is 16.6. The maximum Gasteiger partial charge on any atom is 0.337 e. The fourth-order valence-electron chi connectivity index (χ4n) is 2.51. The summed E-state index contributed by atoms with van der Waals surface area (Å²) < 4.78 is 5.71. The van der Waals surface area contributed by atoms with E-state index in [-0.39, 0.29) is 17.2 Å². The summed E-state index contributed by atoms with van der Waals surface area (Å²) >= 11 is 0. The van der Waals surface area contributed by atoms with Crippen LogP contribution in [-0.2, 0) is 6.42 Å². The SMILES string of the molecule is CNc1ncnc(-c2cccc3c2OCCC3)c1[N+](=O)[O-]. The fourth-order valence-corrected chi connectivity index (χ4v) is 2.51. The van der Waals surface area contributed by atoms with Crippen LogP contribution >= 0.6 is 0 Å². The molecule has 1 N–H and O–H groups in total. The molecule has 1 aromatic heterocycles. The number of nitrogens with zero attached hydrogens (tertiary/aromatic N) is 3. The molecular formula is C14H14N4O3. The average Bonchev–Trinajstić information content (AvgIpc) is 2.53. The molecule has 7 nitrogen and oxygen atoms in total. The van der Waals surface area contributed by atoms with E-state index in [4.69, 9.17) is 4.74 Å². The minimum absolute atomic E-state index is 0.137. The third kappa shape index (κ3) is 2.26. The lowest BCUT2D eigenvalue weighted by atomic mass is 10.00. The van der Waals surface area contributed by atoms with E-state index in [1.807, 2.05) is 12.1 Å². The molecule has 21 heavy (non-hydrogen) atoms. The van der Waals surface area contributed by atoms with Gasteiger partial charge in [0.25, 0.3) is 0 Å². The summed E-state index contributed by atoms with van der Waals surface area (Å²) in [4.78, 5) is 18.9. The third-order valence-corrected chi connectivity index (χ3v) is 3.43. The number of anilines is 1. The van der Waals surface area contributed by atoms with Gasteiger partial charge in [-0.3, -0.25) is 10.1 Å². The first-order valence-corrected chi connectivity index (χ1v) is 6.64. The highest BCUT2D eigenvalue weighted by Gasteiger charge is 2.27. The Labute approximate surface area is 121 Å². The third-order valence-electron chi connectivity index (χ3n) is 3.43. The first-order valence-electron chi connectivity index (χ1n) is 6.64. The summed E-state index contributed by atoms with van der Waals surface area (Å²) in [6.07, 6.45) is 3.17. The number of hydrogen-bond donors (Lipinski definition) is 1. The van der Waals surface area contributed by atoms with Crippen LogP contribution in [0.3, 0.4) is 0 Å². The standard InChI is InChI=1S/C14H14N4O3/c1-15-14-12(18(19)20)11(16-8-17-14)10-6-2-4-9-5-3-7-21-13(9)10/h2,4,6,8H,3,5,7H2,1H3,(H,15,16,17). The van der Waals surface area contributed by atoms with Gasteiger partial charge in [0.2, 0.25) is 5.82 Å². The molecule has 0 amide bonds. The summed E-state index contributed by atoms with van der Waals surface area (Å²) in [5.74, 6) is 0.881. The van der Waals surface area contributed by atoms with E-state index in [0.717, 1.165) is 18.4 Å². The van der Waals surface area contributed by atoms with Crippen LogP contribution in [-0.4, -0.2) is 28.5 Å². The summed E-state index contributed by atoms with van der Waals surface area (Å²) in [5.41, 5.74) is 1.83. The Morgan fingerprint density at radius 2 is 2.24 bits per heavy atom. The van der Waals surface area contributed by atoms with Crippen molar-refractivity contribution >= 4 is 11.5 Å². The molecule has 0 radical (unpaired) electrons. The smallest absolute Gasteiger partial charge is 0.337 e. The first kappa shape index (κ1) is 13.3. The molecule has 0 fully saturated rings. The van der Waals surface area contributed by atoms with E-state index in [0.29, 0.717) is 17.9 Å². The second-order valence-corrected chi connectivity index (χ2v) is 4.67. The van der Waals surface area contributed by atoms with E-state index >= 15 is 0 Å². The molecule has 0 bridgehead atoms. The van der Waals surface area contributed by atoms with Crippen LogP contribution < -0.4 is 10.1 Å². The second kappa shape index (κ2) is 5.35. The number of nitro groups is 1. The Bertz CT molecular complexity index is 703. The Hall–Kier alpha value is -2.70. The largest absolute Gasteiger partial charge is 0.493 e. The van der Waals surface area contributed by atoms with Gasteiger partial charge in [0.15, 0.2) is 5.69 Å². The highest BCUT2D eigenvalue weighted by molar-refractivity contribution is 5.81. The van der Waals surface area contributed by atoms with Crippen molar-refractivity contribution < 1.29 is 9.66 Å². The molecule has 1 aliphatic heterocycles. The number of para-hydroxylation sites is 1. The van der Waals surface area contributed by atoms with E-state index in [2.05, 4.69) is 15.3 Å². The van der Waals surface area contributed by atoms with Gasteiger partial charge in [-0.15, -0.1) is 0 Å². The first-order chi connectivity index (χ1) is 10.2. The molecule has 1 aromatic carbocycles. The van der Waals surface area contributed by atoms with Crippen molar-refractivity contribution in [2.45, 2.75) is 12.8 Å². The van der Waals surface area contributed by atoms with Crippen molar-refractivity contribution in [3.05, 3.63) is 40.2 Å². The van der Waals surface area contributed by atoms with Crippen LogP contribution in [0.25, 0.3) is 11.3 Å². The number of nitrogens with one attached hydrogen (secondary N) is 1. The maximum atomic E-state index is 11.4. The van der Waals surface area contributed by atoms with Gasteiger partial charge in [-0.1, -0.05) is 12.1 Å². The lowest BCUT2D eigenvalue weighted by Gasteiger charge is -2.20. The van der Waals surface area contributed by atoms with Crippen molar-refractivity contribution in [3.8, 4) is 17.0 Å². The molecule has 0 saturated carbocycles. The number of aromatic nitrogens is 2. The van der Waals surface area contributed by atoms with Crippen LogP contribution in [0.15, 0.2) is 24.5 Å². The monoisotopic (exact) mass is 286 g/mol. The molecule has 2 aromatic rings. The summed E-state index contributed by atoms with van der Waals surface area (Å²) in [6, 6.07) is 5.64. The minimum Gasteiger partial charge on any atom is -0.493 e. The molecule has 2 heterocycles. The Kier molecular flexibility index (Phi) is 3.39. The zero-order valence-corrected chi connectivity index (χ0v) is 11.5. The molecule has 0 saturated heterocycles. The van der Waals surface area contributed by atoms with Crippen LogP contribution in [0.5, 0.6) is 5.75 Å². The Balaban J connectivity index is 2.24.